The molecule has 1 aromatic rings. The van der Waals surface area contributed by atoms with Gasteiger partial charge in [-0.3, -0.25) is 4.57 Å². The summed E-state index contributed by atoms with van der Waals surface area (Å²) in [5.41, 5.74) is 6.20. The molecule has 1 rings (SSSR count). The Kier molecular flexibility index (Phi) is 6.15. The first-order valence-corrected chi connectivity index (χ1v) is 7.72. The van der Waals surface area contributed by atoms with E-state index in [2.05, 4.69) is 0 Å². The Morgan fingerprint density at radius 3 is 2.32 bits per heavy atom. The normalized spacial score (nSPS) is 11.3. The lowest BCUT2D eigenvalue weighted by Crippen LogP contribution is -2.06. The van der Waals surface area contributed by atoms with Gasteiger partial charge in [0.05, 0.1) is 26.0 Å². The van der Waals surface area contributed by atoms with Crippen LogP contribution in [0.15, 0.2) is 18.2 Å². The Hall–Kier alpha value is -1.23. The summed E-state index contributed by atoms with van der Waals surface area (Å²) in [4.78, 5) is 0. The summed E-state index contributed by atoms with van der Waals surface area (Å²) in [5.74, 6) is 1.04. The van der Waals surface area contributed by atoms with Crippen LogP contribution < -0.4 is 15.2 Å². The number of hydrogen-bond acceptors (Lipinski definition) is 6. The summed E-state index contributed by atoms with van der Waals surface area (Å²) in [6.07, 6.45) is -0.175. The highest BCUT2D eigenvalue weighted by atomic mass is 31.2. The van der Waals surface area contributed by atoms with Gasteiger partial charge in [-0.1, -0.05) is 0 Å². The van der Waals surface area contributed by atoms with Crippen molar-refractivity contribution in [1.82, 2.24) is 0 Å². The molecular formula is C12H20NO5P. The standard InChI is InChI=1S/C12H20NO5P/c1-4-17-19(14,18-5-2)9-16-12-7-6-10(15-3)8-11(12)13/h6-8H,4-5,9,13H2,1-3H3. The third-order valence-electron chi connectivity index (χ3n) is 2.25. The van der Waals surface area contributed by atoms with Gasteiger partial charge in [-0.25, -0.2) is 0 Å². The third kappa shape index (κ3) is 4.74. The first-order valence-electron chi connectivity index (χ1n) is 5.99. The minimum absolute atomic E-state index is 0.175. The Morgan fingerprint density at radius 1 is 1.21 bits per heavy atom. The fraction of sp³-hybridized carbons (Fsp3) is 0.500. The van der Waals surface area contributed by atoms with Gasteiger partial charge >= 0.3 is 7.60 Å². The van der Waals surface area contributed by atoms with Gasteiger partial charge < -0.3 is 24.3 Å². The van der Waals surface area contributed by atoms with E-state index in [1.165, 1.54) is 0 Å². The summed E-state index contributed by atoms with van der Waals surface area (Å²) < 4.78 is 32.9. The Morgan fingerprint density at radius 2 is 1.84 bits per heavy atom. The van der Waals surface area contributed by atoms with E-state index in [0.717, 1.165) is 0 Å². The van der Waals surface area contributed by atoms with Crippen LogP contribution in [-0.2, 0) is 13.6 Å². The van der Waals surface area contributed by atoms with Gasteiger partial charge in [-0.15, -0.1) is 0 Å². The number of nitrogen functional groups attached to an aromatic ring is 1. The topological polar surface area (TPSA) is 80.0 Å². The second-order valence-electron chi connectivity index (χ2n) is 3.62. The molecule has 0 radical (unpaired) electrons. The van der Waals surface area contributed by atoms with E-state index in [0.29, 0.717) is 30.4 Å². The number of benzene rings is 1. The molecule has 0 fully saturated rings. The van der Waals surface area contributed by atoms with E-state index in [9.17, 15) is 4.57 Å². The predicted octanol–water partition coefficient (Wildman–Crippen LogP) is 2.88. The molecule has 0 atom stereocenters. The minimum atomic E-state index is -3.23. The van der Waals surface area contributed by atoms with Gasteiger partial charge in [-0.05, 0) is 26.0 Å². The molecule has 0 spiro atoms. The van der Waals surface area contributed by atoms with Crippen LogP contribution in [0.4, 0.5) is 5.69 Å². The average molecular weight is 289 g/mol. The van der Waals surface area contributed by atoms with Crippen LogP contribution in [0.5, 0.6) is 11.5 Å². The van der Waals surface area contributed by atoms with E-state index in [-0.39, 0.29) is 6.35 Å². The molecule has 1 aromatic carbocycles. The number of methoxy groups -OCH3 is 1. The van der Waals surface area contributed by atoms with Gasteiger partial charge in [-0.2, -0.15) is 0 Å². The van der Waals surface area contributed by atoms with Crippen molar-refractivity contribution >= 4 is 13.3 Å². The number of ether oxygens (including phenoxy) is 2. The van der Waals surface area contributed by atoms with Crippen molar-refractivity contribution in [3.05, 3.63) is 18.2 Å². The number of nitrogens with two attached hydrogens (primary N) is 1. The van der Waals surface area contributed by atoms with E-state index in [1.807, 2.05) is 0 Å². The molecular weight excluding hydrogens is 269 g/mol. The maximum absolute atomic E-state index is 12.2. The summed E-state index contributed by atoms with van der Waals surface area (Å²) in [5, 5.41) is 0. The highest BCUT2D eigenvalue weighted by Gasteiger charge is 2.25. The fourth-order valence-electron chi connectivity index (χ4n) is 1.44. The molecule has 0 aliphatic carbocycles. The zero-order valence-corrected chi connectivity index (χ0v) is 12.3. The zero-order valence-electron chi connectivity index (χ0n) is 11.4. The second-order valence-corrected chi connectivity index (χ2v) is 5.62. The highest BCUT2D eigenvalue weighted by molar-refractivity contribution is 7.53. The molecule has 0 aliphatic heterocycles. The van der Waals surface area contributed by atoms with Gasteiger partial charge in [0.2, 0.25) is 0 Å². The van der Waals surface area contributed by atoms with Crippen molar-refractivity contribution in [2.24, 2.45) is 0 Å². The van der Waals surface area contributed by atoms with E-state index >= 15 is 0 Å². The zero-order chi connectivity index (χ0) is 14.3. The molecule has 0 unspecified atom stereocenters. The van der Waals surface area contributed by atoms with E-state index in [1.54, 1.807) is 39.2 Å². The molecule has 6 nitrogen and oxygen atoms in total. The van der Waals surface area contributed by atoms with Gasteiger partial charge in [0.25, 0.3) is 0 Å². The summed E-state index contributed by atoms with van der Waals surface area (Å²) in [6, 6.07) is 4.98. The molecule has 0 aliphatic rings. The summed E-state index contributed by atoms with van der Waals surface area (Å²) >= 11 is 0. The Balaban J connectivity index is 2.71. The molecule has 0 aromatic heterocycles. The molecule has 0 bridgehead atoms. The van der Waals surface area contributed by atoms with Crippen LogP contribution in [-0.4, -0.2) is 26.7 Å². The van der Waals surface area contributed by atoms with Crippen molar-refractivity contribution in [3.8, 4) is 11.5 Å². The molecule has 2 N–H and O–H groups in total. The van der Waals surface area contributed by atoms with Crippen LogP contribution in [0.3, 0.4) is 0 Å². The van der Waals surface area contributed by atoms with E-state index in [4.69, 9.17) is 24.3 Å². The SMILES string of the molecule is CCOP(=O)(COc1ccc(OC)cc1N)OCC. The number of anilines is 1. The quantitative estimate of drug-likeness (QED) is 0.585. The van der Waals surface area contributed by atoms with Gasteiger partial charge in [0, 0.05) is 6.07 Å². The van der Waals surface area contributed by atoms with Crippen LogP contribution in [0.25, 0.3) is 0 Å². The Labute approximate surface area is 113 Å². The molecule has 0 saturated heterocycles. The monoisotopic (exact) mass is 289 g/mol. The third-order valence-corrected chi connectivity index (χ3v) is 4.00. The second kappa shape index (κ2) is 7.38. The van der Waals surface area contributed by atoms with E-state index < -0.39 is 7.60 Å². The maximum Gasteiger partial charge on any atom is 0.367 e. The van der Waals surface area contributed by atoms with Crippen LogP contribution in [0, 0.1) is 0 Å². The first-order chi connectivity index (χ1) is 9.04. The van der Waals surface area contributed by atoms with Crippen molar-refractivity contribution in [2.45, 2.75) is 13.8 Å². The van der Waals surface area contributed by atoms with Crippen molar-refractivity contribution in [1.29, 1.82) is 0 Å². The average Bonchev–Trinajstić information content (AvgIpc) is 2.38. The lowest BCUT2D eigenvalue weighted by molar-refractivity contribution is 0.197. The minimum Gasteiger partial charge on any atom is -0.497 e. The summed E-state index contributed by atoms with van der Waals surface area (Å²) in [6.45, 7) is 4.07. The first kappa shape index (κ1) is 15.8. The largest absolute Gasteiger partial charge is 0.497 e. The van der Waals surface area contributed by atoms with Crippen molar-refractivity contribution in [2.75, 3.05) is 32.4 Å². The Bertz CT molecular complexity index is 442. The highest BCUT2D eigenvalue weighted by Crippen LogP contribution is 2.48. The van der Waals surface area contributed by atoms with Crippen LogP contribution in [0.2, 0.25) is 0 Å². The fourth-order valence-corrected chi connectivity index (χ4v) is 2.75. The smallest absolute Gasteiger partial charge is 0.367 e. The molecule has 19 heavy (non-hydrogen) atoms. The van der Waals surface area contributed by atoms with Crippen LogP contribution in [0.1, 0.15) is 13.8 Å². The van der Waals surface area contributed by atoms with Crippen molar-refractivity contribution < 1.29 is 23.1 Å². The van der Waals surface area contributed by atoms with Gasteiger partial charge in [0.15, 0.2) is 6.35 Å². The lowest BCUT2D eigenvalue weighted by atomic mass is 10.3. The molecule has 0 saturated carbocycles. The molecule has 7 heteroatoms. The lowest BCUT2D eigenvalue weighted by Gasteiger charge is -2.18. The molecule has 108 valence electrons. The van der Waals surface area contributed by atoms with Gasteiger partial charge in [0.1, 0.15) is 11.5 Å². The van der Waals surface area contributed by atoms with Crippen LogP contribution >= 0.6 is 7.60 Å². The maximum atomic E-state index is 12.2. The predicted molar refractivity (Wildman–Crippen MR) is 73.8 cm³/mol. The summed E-state index contributed by atoms with van der Waals surface area (Å²) in [7, 11) is -1.68. The number of hydrogen-bond donors (Lipinski definition) is 1. The van der Waals surface area contributed by atoms with Crippen molar-refractivity contribution in [3.63, 3.8) is 0 Å². The number of rotatable bonds is 8. The molecule has 0 heterocycles. The molecule has 0 amide bonds.